The van der Waals surface area contributed by atoms with Crippen LogP contribution in [0.15, 0.2) is 106 Å². The summed E-state index contributed by atoms with van der Waals surface area (Å²) in [6.07, 6.45) is -8.77. The minimum Gasteiger partial charge on any atom is -0.489 e. The standard InChI is InChI=1S/2C22H19F3O5/c1-13-9-18(7-8-19(13)29-12-21(26)27)28-11-16-10-20(30-14(16)2)15-3-5-17(6-4-15)22(23,24)25;1-13-9-17(7-8-18(13)29-12-21(26)27)28-11-20-14(2)10-19(30-20)15-3-5-16(6-4-15)22(23,24)25/h2*3-10H,11-12H2,1-2H3,(H,26,27). The Morgan fingerprint density at radius 1 is 0.533 bits per heavy atom. The zero-order valence-electron chi connectivity index (χ0n) is 32.5. The molecule has 10 nitrogen and oxygen atoms in total. The van der Waals surface area contributed by atoms with E-state index in [0.29, 0.717) is 57.2 Å². The first-order valence-corrected chi connectivity index (χ1v) is 18.0. The first-order chi connectivity index (χ1) is 28.3. The van der Waals surface area contributed by atoms with Gasteiger partial charge in [-0.15, -0.1) is 0 Å². The number of hydrogen-bond acceptors (Lipinski definition) is 8. The third kappa shape index (κ3) is 12.1. The van der Waals surface area contributed by atoms with Gasteiger partial charge in [0.25, 0.3) is 0 Å². The molecule has 0 aliphatic carbocycles. The van der Waals surface area contributed by atoms with Crippen molar-refractivity contribution in [3.05, 3.63) is 142 Å². The Kier molecular flexibility index (Phi) is 13.9. The largest absolute Gasteiger partial charge is 0.489 e. The number of carboxylic acid groups (broad SMARTS) is 2. The highest BCUT2D eigenvalue weighted by atomic mass is 19.4. The molecule has 2 N–H and O–H groups in total. The van der Waals surface area contributed by atoms with Crippen molar-refractivity contribution in [1.82, 2.24) is 0 Å². The molecule has 0 saturated heterocycles. The first kappa shape index (κ1) is 44.3. The SMILES string of the molecule is Cc1cc(OCc2cc(-c3ccc(C(F)(F)F)cc3)oc2C)ccc1OCC(=O)O.Cc1cc(OCc2oc(-c3ccc(C(F)(F)F)cc3)cc2C)ccc1OCC(=O)O. The van der Waals surface area contributed by atoms with Crippen LogP contribution in [0.1, 0.15) is 44.9 Å². The molecule has 2 aromatic heterocycles. The zero-order chi connectivity index (χ0) is 43.8. The summed E-state index contributed by atoms with van der Waals surface area (Å²) < 4.78 is 110. The van der Waals surface area contributed by atoms with Crippen molar-refractivity contribution in [3.8, 4) is 45.6 Å². The van der Waals surface area contributed by atoms with Crippen molar-refractivity contribution in [2.24, 2.45) is 0 Å². The molecule has 0 aliphatic heterocycles. The van der Waals surface area contributed by atoms with E-state index in [1.807, 2.05) is 6.92 Å². The number of carboxylic acids is 2. The highest BCUT2D eigenvalue weighted by Gasteiger charge is 2.31. The molecule has 0 bridgehead atoms. The van der Waals surface area contributed by atoms with Crippen LogP contribution >= 0.6 is 0 Å². The molecule has 0 aliphatic rings. The summed E-state index contributed by atoms with van der Waals surface area (Å²) in [5.74, 6) is 1.94. The number of hydrogen-bond donors (Lipinski definition) is 2. The minimum atomic E-state index is -4.39. The van der Waals surface area contributed by atoms with Crippen LogP contribution in [-0.2, 0) is 35.2 Å². The quantitative estimate of drug-likeness (QED) is 0.102. The van der Waals surface area contributed by atoms with E-state index in [1.54, 1.807) is 69.3 Å². The third-order valence-corrected chi connectivity index (χ3v) is 8.79. The molecule has 0 unspecified atom stereocenters. The summed E-state index contributed by atoms with van der Waals surface area (Å²) >= 11 is 0. The average Bonchev–Trinajstić information content (AvgIpc) is 3.76. The number of halogens is 6. The first-order valence-electron chi connectivity index (χ1n) is 18.0. The zero-order valence-corrected chi connectivity index (χ0v) is 32.5. The number of furan rings is 2. The van der Waals surface area contributed by atoms with Gasteiger partial charge >= 0.3 is 24.3 Å². The normalized spacial score (nSPS) is 11.4. The lowest BCUT2D eigenvalue weighted by Gasteiger charge is -2.10. The summed E-state index contributed by atoms with van der Waals surface area (Å²) in [5.41, 5.74) is 2.64. The van der Waals surface area contributed by atoms with Crippen molar-refractivity contribution in [3.63, 3.8) is 0 Å². The van der Waals surface area contributed by atoms with E-state index in [-0.39, 0.29) is 13.2 Å². The number of aryl methyl sites for hydroxylation is 4. The molecule has 2 heterocycles. The monoisotopic (exact) mass is 840 g/mol. The summed E-state index contributed by atoms with van der Waals surface area (Å²) in [6.45, 7) is 6.58. The highest BCUT2D eigenvalue weighted by Crippen LogP contribution is 2.34. The van der Waals surface area contributed by atoms with Crippen molar-refractivity contribution in [1.29, 1.82) is 0 Å². The van der Waals surface area contributed by atoms with Gasteiger partial charge < -0.3 is 38.0 Å². The summed E-state index contributed by atoms with van der Waals surface area (Å²) in [4.78, 5) is 21.2. The molecule has 0 saturated carbocycles. The Labute approximate surface area is 339 Å². The van der Waals surface area contributed by atoms with Crippen molar-refractivity contribution in [2.75, 3.05) is 13.2 Å². The average molecular weight is 841 g/mol. The number of alkyl halides is 6. The second-order valence-corrected chi connectivity index (χ2v) is 13.4. The highest BCUT2D eigenvalue weighted by molar-refractivity contribution is 5.69. The van der Waals surface area contributed by atoms with Crippen LogP contribution in [-0.4, -0.2) is 35.4 Å². The van der Waals surface area contributed by atoms with Gasteiger partial charge in [-0.2, -0.15) is 26.3 Å². The van der Waals surface area contributed by atoms with Crippen molar-refractivity contribution < 1.29 is 73.9 Å². The third-order valence-electron chi connectivity index (χ3n) is 8.79. The van der Waals surface area contributed by atoms with Gasteiger partial charge in [0, 0.05) is 16.7 Å². The Morgan fingerprint density at radius 2 is 0.967 bits per heavy atom. The summed E-state index contributed by atoms with van der Waals surface area (Å²) in [5, 5.41) is 17.4. The molecular weight excluding hydrogens is 802 g/mol. The van der Waals surface area contributed by atoms with E-state index < -0.39 is 48.6 Å². The fourth-order valence-electron chi connectivity index (χ4n) is 5.59. The van der Waals surface area contributed by atoms with E-state index in [4.69, 9.17) is 38.0 Å². The smallest absolute Gasteiger partial charge is 0.416 e. The maximum atomic E-state index is 12.7. The maximum absolute atomic E-state index is 12.7. The van der Waals surface area contributed by atoms with Gasteiger partial charge in [-0.3, -0.25) is 0 Å². The lowest BCUT2D eigenvalue weighted by atomic mass is 10.1. The fourth-order valence-corrected chi connectivity index (χ4v) is 5.59. The summed E-state index contributed by atoms with van der Waals surface area (Å²) in [7, 11) is 0. The predicted molar refractivity (Wildman–Crippen MR) is 205 cm³/mol. The van der Waals surface area contributed by atoms with Crippen molar-refractivity contribution >= 4 is 11.9 Å². The second kappa shape index (κ2) is 18.8. The molecule has 0 radical (unpaired) electrons. The van der Waals surface area contributed by atoms with Gasteiger partial charge in [0.15, 0.2) is 13.2 Å². The molecule has 60 heavy (non-hydrogen) atoms. The number of carbonyl (C=O) groups is 2. The van der Waals surface area contributed by atoms with Crippen LogP contribution in [0, 0.1) is 27.7 Å². The Balaban J connectivity index is 0.000000228. The van der Waals surface area contributed by atoms with Gasteiger partial charge in [0.2, 0.25) is 0 Å². The van der Waals surface area contributed by atoms with Gasteiger partial charge in [-0.05, 0) is 117 Å². The number of rotatable bonds is 14. The van der Waals surface area contributed by atoms with Crippen LogP contribution in [0.3, 0.4) is 0 Å². The van der Waals surface area contributed by atoms with Crippen LogP contribution < -0.4 is 18.9 Å². The molecule has 6 aromatic rings. The Bertz CT molecular complexity index is 2240. The van der Waals surface area contributed by atoms with Crippen LogP contribution in [0.5, 0.6) is 23.0 Å². The number of aliphatic carboxylic acids is 2. The van der Waals surface area contributed by atoms with Gasteiger partial charge in [-0.1, -0.05) is 24.3 Å². The molecule has 4 aromatic carbocycles. The summed E-state index contributed by atoms with van der Waals surface area (Å²) in [6, 6.07) is 23.0. The molecule has 316 valence electrons. The molecule has 16 heteroatoms. The lowest BCUT2D eigenvalue weighted by Crippen LogP contribution is -2.10. The lowest BCUT2D eigenvalue weighted by molar-refractivity contribution is -0.140. The van der Waals surface area contributed by atoms with E-state index in [9.17, 15) is 35.9 Å². The van der Waals surface area contributed by atoms with Crippen LogP contribution in [0.2, 0.25) is 0 Å². The van der Waals surface area contributed by atoms with E-state index >= 15 is 0 Å². The van der Waals surface area contributed by atoms with Gasteiger partial charge in [0.05, 0.1) is 11.1 Å². The van der Waals surface area contributed by atoms with Crippen molar-refractivity contribution in [2.45, 2.75) is 53.3 Å². The maximum Gasteiger partial charge on any atom is 0.416 e. The molecule has 6 rings (SSSR count). The Morgan fingerprint density at radius 3 is 1.38 bits per heavy atom. The van der Waals surface area contributed by atoms with Crippen LogP contribution in [0.4, 0.5) is 26.3 Å². The predicted octanol–water partition coefficient (Wildman–Crippen LogP) is 11.2. The van der Waals surface area contributed by atoms with Gasteiger partial charge in [-0.25, -0.2) is 9.59 Å². The molecule has 0 atom stereocenters. The van der Waals surface area contributed by atoms with E-state index in [1.165, 1.54) is 24.3 Å². The Hall–Kier alpha value is -6.84. The topological polar surface area (TPSA) is 138 Å². The van der Waals surface area contributed by atoms with Crippen LogP contribution in [0.25, 0.3) is 22.6 Å². The molecular formula is C44H38F6O10. The van der Waals surface area contributed by atoms with Gasteiger partial charge in [0.1, 0.15) is 59.3 Å². The second-order valence-electron chi connectivity index (χ2n) is 13.4. The molecule has 0 fully saturated rings. The number of ether oxygens (including phenoxy) is 4. The fraction of sp³-hybridized carbons (Fsp3) is 0.227. The minimum absolute atomic E-state index is 0.126. The molecule has 0 amide bonds. The van der Waals surface area contributed by atoms with E-state index in [0.717, 1.165) is 46.5 Å². The van der Waals surface area contributed by atoms with E-state index in [2.05, 4.69) is 0 Å². The number of benzene rings is 4. The molecule has 0 spiro atoms.